The molecule has 6 rings (SSSR count). The van der Waals surface area contributed by atoms with Crippen LogP contribution in [0.25, 0.3) is 0 Å². The molecule has 1 spiro atoms. The van der Waals surface area contributed by atoms with Gasteiger partial charge in [0.1, 0.15) is 11.4 Å². The van der Waals surface area contributed by atoms with Crippen LogP contribution in [0.1, 0.15) is 29.5 Å². The fourth-order valence-corrected chi connectivity index (χ4v) is 6.41. The minimum Gasteiger partial charge on any atom is -0.481 e. The molecule has 9 heteroatoms. The Morgan fingerprint density at radius 3 is 2.31 bits per heavy atom. The fraction of sp³-hybridized carbons (Fsp3) is 0.267. The molecule has 0 aromatic heterocycles. The molecule has 39 heavy (non-hydrogen) atoms. The molecular weight excluding hydrogens is 501 g/mol. The number of imide groups is 1. The van der Waals surface area contributed by atoms with E-state index >= 15 is 0 Å². The van der Waals surface area contributed by atoms with E-state index in [9.17, 15) is 28.7 Å². The van der Waals surface area contributed by atoms with E-state index in [0.29, 0.717) is 16.8 Å². The zero-order valence-corrected chi connectivity index (χ0v) is 20.9. The van der Waals surface area contributed by atoms with Crippen LogP contribution in [0, 0.1) is 17.7 Å². The molecule has 0 radical (unpaired) electrons. The number of fused-ring (bicyclic) bond motifs is 4. The molecule has 3 heterocycles. The average Bonchev–Trinajstić information content (AvgIpc) is 3.49. The van der Waals surface area contributed by atoms with Crippen LogP contribution in [0.15, 0.2) is 78.9 Å². The molecule has 0 saturated carbocycles. The molecular formula is C30H26FN3O5. The number of rotatable bonds is 7. The van der Waals surface area contributed by atoms with Crippen molar-refractivity contribution in [2.75, 3.05) is 4.90 Å². The highest BCUT2D eigenvalue weighted by molar-refractivity contribution is 6.16. The maximum absolute atomic E-state index is 14.6. The van der Waals surface area contributed by atoms with Crippen LogP contribution in [-0.2, 0) is 37.8 Å². The minimum absolute atomic E-state index is 0.0566. The van der Waals surface area contributed by atoms with Gasteiger partial charge >= 0.3 is 5.97 Å². The first-order valence-electron chi connectivity index (χ1n) is 12.9. The zero-order chi connectivity index (χ0) is 27.3. The summed E-state index contributed by atoms with van der Waals surface area (Å²) in [5, 5.41) is 12.7. The van der Waals surface area contributed by atoms with Crippen LogP contribution in [0.5, 0.6) is 0 Å². The smallest absolute Gasteiger partial charge is 0.303 e. The highest BCUT2D eigenvalue weighted by Gasteiger charge is 2.71. The number of carbonyl (C=O) groups excluding carboxylic acids is 3. The third-order valence-corrected chi connectivity index (χ3v) is 8.10. The summed E-state index contributed by atoms with van der Waals surface area (Å²) >= 11 is 0. The van der Waals surface area contributed by atoms with E-state index < -0.39 is 52.9 Å². The van der Waals surface area contributed by atoms with Crippen molar-refractivity contribution in [1.29, 1.82) is 0 Å². The largest absolute Gasteiger partial charge is 0.481 e. The summed E-state index contributed by atoms with van der Waals surface area (Å²) < 4.78 is 14.6. The van der Waals surface area contributed by atoms with Gasteiger partial charge in [-0.05, 0) is 24.1 Å². The van der Waals surface area contributed by atoms with Gasteiger partial charge in [-0.1, -0.05) is 66.7 Å². The normalized spacial score (nSPS) is 25.5. The van der Waals surface area contributed by atoms with Crippen molar-refractivity contribution >= 4 is 29.4 Å². The molecule has 2 fully saturated rings. The van der Waals surface area contributed by atoms with Crippen molar-refractivity contribution in [3.05, 3.63) is 101 Å². The molecule has 3 aromatic carbocycles. The monoisotopic (exact) mass is 527 g/mol. The Morgan fingerprint density at radius 1 is 0.872 bits per heavy atom. The molecule has 3 aliphatic heterocycles. The van der Waals surface area contributed by atoms with Gasteiger partial charge in [-0.2, -0.15) is 0 Å². The standard InChI is InChI=1S/C30H26FN3O5/c31-21-12-6-4-10-19(21)17-33-23-13-7-5-11-20(23)30(29(33)39)26-25(22(32-30)14-15-24(35)36)27(37)34(28(26)38)16-18-8-2-1-3-9-18/h1-13,22,25-26,32H,14-17H2,(H,35,36)/t22-,25+,26-,30-/m0/s1. The Bertz CT molecular complexity index is 1490. The summed E-state index contributed by atoms with van der Waals surface area (Å²) in [6.07, 6.45) is -0.162. The van der Waals surface area contributed by atoms with Gasteiger partial charge in [-0.15, -0.1) is 0 Å². The zero-order valence-electron chi connectivity index (χ0n) is 20.9. The van der Waals surface area contributed by atoms with Crippen molar-refractivity contribution in [2.24, 2.45) is 11.8 Å². The van der Waals surface area contributed by atoms with E-state index in [2.05, 4.69) is 5.32 Å². The number of carboxylic acid groups (broad SMARTS) is 1. The SMILES string of the molecule is O=C(O)CC[C@@H]1N[C@]2(C(=O)N(Cc3ccccc3F)c3ccccc32)[C@@H]2C(=O)N(Cc3ccccc3)C(=O)[C@H]12. The molecule has 4 atom stereocenters. The van der Waals surface area contributed by atoms with Gasteiger partial charge < -0.3 is 10.0 Å². The van der Waals surface area contributed by atoms with Crippen LogP contribution in [-0.4, -0.2) is 39.7 Å². The van der Waals surface area contributed by atoms with E-state index in [4.69, 9.17) is 0 Å². The third-order valence-electron chi connectivity index (χ3n) is 8.10. The second-order valence-electron chi connectivity index (χ2n) is 10.2. The lowest BCUT2D eigenvalue weighted by atomic mass is 9.76. The molecule has 0 aliphatic carbocycles. The summed E-state index contributed by atoms with van der Waals surface area (Å²) in [5.74, 6) is -4.82. The maximum Gasteiger partial charge on any atom is 0.303 e. The second-order valence-corrected chi connectivity index (χ2v) is 10.2. The van der Waals surface area contributed by atoms with Crippen molar-refractivity contribution in [1.82, 2.24) is 10.2 Å². The number of nitrogens with one attached hydrogen (secondary N) is 1. The minimum atomic E-state index is -1.58. The molecule has 3 amide bonds. The Hall–Kier alpha value is -4.37. The fourth-order valence-electron chi connectivity index (χ4n) is 6.41. The summed E-state index contributed by atoms with van der Waals surface area (Å²) in [6, 6.07) is 21.6. The molecule has 3 aliphatic rings. The molecule has 8 nitrogen and oxygen atoms in total. The van der Waals surface area contributed by atoms with E-state index in [1.165, 1.54) is 15.9 Å². The van der Waals surface area contributed by atoms with E-state index in [1.54, 1.807) is 42.5 Å². The van der Waals surface area contributed by atoms with Gasteiger partial charge in [0, 0.05) is 29.3 Å². The highest BCUT2D eigenvalue weighted by Crippen LogP contribution is 2.55. The third kappa shape index (κ3) is 3.84. The Balaban J connectivity index is 1.44. The van der Waals surface area contributed by atoms with Crippen LogP contribution >= 0.6 is 0 Å². The van der Waals surface area contributed by atoms with Crippen molar-refractivity contribution in [3.8, 4) is 0 Å². The lowest BCUT2D eigenvalue weighted by molar-refractivity contribution is -0.144. The van der Waals surface area contributed by atoms with Crippen molar-refractivity contribution in [3.63, 3.8) is 0 Å². The lowest BCUT2D eigenvalue weighted by Crippen LogP contribution is -2.55. The quantitative estimate of drug-likeness (QED) is 0.457. The topological polar surface area (TPSA) is 107 Å². The van der Waals surface area contributed by atoms with E-state index in [-0.39, 0.29) is 25.9 Å². The first-order valence-corrected chi connectivity index (χ1v) is 12.9. The van der Waals surface area contributed by atoms with Crippen LogP contribution < -0.4 is 10.2 Å². The molecule has 2 N–H and O–H groups in total. The number of carboxylic acids is 1. The maximum atomic E-state index is 14.6. The summed E-state index contributed by atoms with van der Waals surface area (Å²) in [5.41, 5.74) is 0.560. The predicted octanol–water partition coefficient (Wildman–Crippen LogP) is 3.21. The number of anilines is 1. The van der Waals surface area contributed by atoms with Gasteiger partial charge in [-0.25, -0.2) is 4.39 Å². The number of nitrogens with zero attached hydrogens (tertiary/aromatic N) is 2. The van der Waals surface area contributed by atoms with Gasteiger partial charge in [-0.3, -0.25) is 29.4 Å². The van der Waals surface area contributed by atoms with Gasteiger partial charge in [0.2, 0.25) is 11.8 Å². The predicted molar refractivity (Wildman–Crippen MR) is 138 cm³/mol. The summed E-state index contributed by atoms with van der Waals surface area (Å²) in [4.78, 5) is 56.3. The van der Waals surface area contributed by atoms with Crippen LogP contribution in [0.2, 0.25) is 0 Å². The molecule has 2 saturated heterocycles. The number of hydrogen-bond donors (Lipinski definition) is 2. The van der Waals surface area contributed by atoms with Gasteiger partial charge in [0.05, 0.1) is 24.9 Å². The summed E-state index contributed by atoms with van der Waals surface area (Å²) in [6.45, 7) is 0.00100. The van der Waals surface area contributed by atoms with Crippen molar-refractivity contribution in [2.45, 2.75) is 37.5 Å². The molecule has 198 valence electrons. The average molecular weight is 528 g/mol. The lowest BCUT2D eigenvalue weighted by Gasteiger charge is -2.30. The summed E-state index contributed by atoms with van der Waals surface area (Å²) in [7, 11) is 0. The first-order chi connectivity index (χ1) is 18.8. The van der Waals surface area contributed by atoms with Crippen molar-refractivity contribution < 1.29 is 28.7 Å². The number of aliphatic carboxylic acids is 1. The molecule has 3 aromatic rings. The Labute approximate surface area is 224 Å². The first kappa shape index (κ1) is 24.9. The number of para-hydroxylation sites is 1. The van der Waals surface area contributed by atoms with E-state index in [0.717, 1.165) is 5.56 Å². The van der Waals surface area contributed by atoms with Crippen LogP contribution in [0.4, 0.5) is 10.1 Å². The number of carbonyl (C=O) groups is 4. The van der Waals surface area contributed by atoms with Gasteiger partial charge in [0.15, 0.2) is 0 Å². The van der Waals surface area contributed by atoms with Crippen LogP contribution in [0.3, 0.4) is 0 Å². The highest BCUT2D eigenvalue weighted by atomic mass is 19.1. The number of halogens is 1. The number of benzene rings is 3. The number of amides is 3. The second kappa shape index (κ2) is 9.43. The van der Waals surface area contributed by atoms with E-state index in [1.807, 2.05) is 30.3 Å². The Morgan fingerprint density at radius 2 is 1.56 bits per heavy atom. The van der Waals surface area contributed by atoms with Gasteiger partial charge in [0.25, 0.3) is 5.91 Å². The number of hydrogen-bond acceptors (Lipinski definition) is 5. The Kier molecular flexibility index (Phi) is 6.03. The number of likely N-dealkylation sites (tertiary alicyclic amines) is 1. The molecule has 0 unspecified atom stereocenters. The molecule has 0 bridgehead atoms.